The van der Waals surface area contributed by atoms with E-state index in [1.807, 2.05) is 0 Å². The number of anilines is 1. The van der Waals surface area contributed by atoms with Crippen LogP contribution in [0.2, 0.25) is 0 Å². The summed E-state index contributed by atoms with van der Waals surface area (Å²) in [6, 6.07) is 4.53. The second kappa shape index (κ2) is 5.30. The van der Waals surface area contributed by atoms with Gasteiger partial charge in [-0.1, -0.05) is 11.3 Å². The normalized spacial score (nSPS) is 10.6. The fourth-order valence-corrected chi connectivity index (χ4v) is 2.35. The van der Waals surface area contributed by atoms with Crippen molar-refractivity contribution in [3.05, 3.63) is 24.0 Å². The zero-order valence-corrected chi connectivity index (χ0v) is 11.1. The molecule has 0 fully saturated rings. The number of carbonyl (C=O) groups is 1. The second-order valence-corrected chi connectivity index (χ2v) is 5.13. The molecule has 0 aliphatic heterocycles. The number of aromatic nitrogens is 1. The van der Waals surface area contributed by atoms with Gasteiger partial charge < -0.3 is 10.2 Å². The molecule has 0 radical (unpaired) electrons. The molecule has 2 aromatic rings. The first kappa shape index (κ1) is 12.8. The first-order valence-electron chi connectivity index (χ1n) is 5.56. The monoisotopic (exact) mass is 267 g/mol. The minimum atomic E-state index is -0.290. The van der Waals surface area contributed by atoms with Crippen molar-refractivity contribution in [3.63, 3.8) is 0 Å². The maximum absolute atomic E-state index is 13.0. The van der Waals surface area contributed by atoms with Crippen molar-refractivity contribution in [1.82, 2.24) is 9.88 Å². The van der Waals surface area contributed by atoms with Crippen LogP contribution in [0.3, 0.4) is 0 Å². The molecule has 1 heterocycles. The molecule has 0 saturated carbocycles. The van der Waals surface area contributed by atoms with E-state index in [4.69, 9.17) is 0 Å². The van der Waals surface area contributed by atoms with E-state index in [-0.39, 0.29) is 11.7 Å². The highest BCUT2D eigenvalue weighted by molar-refractivity contribution is 7.22. The Hall–Kier alpha value is -1.69. The Labute approximate surface area is 108 Å². The molecular weight excluding hydrogens is 253 g/mol. The number of nitrogens with one attached hydrogen (secondary N) is 1. The van der Waals surface area contributed by atoms with Gasteiger partial charge in [0.15, 0.2) is 5.13 Å². The van der Waals surface area contributed by atoms with Crippen molar-refractivity contribution in [2.75, 3.05) is 26.0 Å². The number of fused-ring (bicyclic) bond motifs is 1. The first-order valence-corrected chi connectivity index (χ1v) is 6.38. The van der Waals surface area contributed by atoms with E-state index in [1.165, 1.54) is 23.5 Å². The lowest BCUT2D eigenvalue weighted by atomic mass is 10.3. The molecule has 1 aromatic heterocycles. The van der Waals surface area contributed by atoms with Crippen LogP contribution in [0.25, 0.3) is 10.2 Å². The van der Waals surface area contributed by atoms with E-state index in [0.29, 0.717) is 23.6 Å². The van der Waals surface area contributed by atoms with Crippen LogP contribution in [0.5, 0.6) is 0 Å². The highest BCUT2D eigenvalue weighted by Crippen LogP contribution is 2.26. The van der Waals surface area contributed by atoms with Crippen molar-refractivity contribution >= 4 is 32.6 Å². The molecule has 1 N–H and O–H groups in total. The predicted molar refractivity (Wildman–Crippen MR) is 71.4 cm³/mol. The average molecular weight is 267 g/mol. The number of benzene rings is 1. The quantitative estimate of drug-likeness (QED) is 0.924. The van der Waals surface area contributed by atoms with Crippen molar-refractivity contribution < 1.29 is 9.18 Å². The summed E-state index contributed by atoms with van der Waals surface area (Å²) >= 11 is 1.45. The molecule has 0 unspecified atom stereocenters. The molecule has 1 amide bonds. The topological polar surface area (TPSA) is 45.2 Å². The average Bonchev–Trinajstić information content (AvgIpc) is 2.70. The smallest absolute Gasteiger partial charge is 0.223 e. The van der Waals surface area contributed by atoms with Gasteiger partial charge in [0.25, 0.3) is 0 Å². The van der Waals surface area contributed by atoms with Crippen molar-refractivity contribution in [1.29, 1.82) is 0 Å². The molecule has 0 bridgehead atoms. The second-order valence-electron chi connectivity index (χ2n) is 4.10. The molecule has 0 aliphatic carbocycles. The minimum absolute atomic E-state index is 0.0645. The van der Waals surface area contributed by atoms with Gasteiger partial charge in [-0.05, 0) is 12.1 Å². The van der Waals surface area contributed by atoms with Crippen LogP contribution in [-0.2, 0) is 4.79 Å². The number of hydrogen-bond donors (Lipinski definition) is 1. The van der Waals surface area contributed by atoms with Crippen molar-refractivity contribution in [3.8, 4) is 0 Å². The van der Waals surface area contributed by atoms with Gasteiger partial charge in [-0.2, -0.15) is 0 Å². The minimum Gasteiger partial charge on any atom is -0.361 e. The highest BCUT2D eigenvalue weighted by Gasteiger charge is 2.06. The Kier molecular flexibility index (Phi) is 3.76. The number of carbonyl (C=O) groups excluding carboxylic acids is 1. The first-order chi connectivity index (χ1) is 8.56. The van der Waals surface area contributed by atoms with Crippen molar-refractivity contribution in [2.24, 2.45) is 0 Å². The third kappa shape index (κ3) is 2.95. The van der Waals surface area contributed by atoms with Crippen LogP contribution < -0.4 is 5.32 Å². The third-order valence-electron chi connectivity index (χ3n) is 2.46. The summed E-state index contributed by atoms with van der Waals surface area (Å²) in [6.07, 6.45) is 0.414. The van der Waals surface area contributed by atoms with E-state index in [2.05, 4.69) is 10.3 Å². The predicted octanol–water partition coefficient (Wildman–Crippen LogP) is 2.33. The Bertz CT molecular complexity index is 567. The molecule has 4 nitrogen and oxygen atoms in total. The van der Waals surface area contributed by atoms with Gasteiger partial charge in [0, 0.05) is 33.1 Å². The zero-order valence-electron chi connectivity index (χ0n) is 10.2. The largest absolute Gasteiger partial charge is 0.361 e. The van der Waals surface area contributed by atoms with E-state index in [1.54, 1.807) is 25.1 Å². The molecule has 0 atom stereocenters. The van der Waals surface area contributed by atoms with Crippen LogP contribution in [0.15, 0.2) is 18.2 Å². The number of halogens is 1. The molecule has 96 valence electrons. The summed E-state index contributed by atoms with van der Waals surface area (Å²) in [5.41, 5.74) is 0.640. The lowest BCUT2D eigenvalue weighted by Gasteiger charge is -2.09. The molecule has 0 aliphatic rings. The highest BCUT2D eigenvalue weighted by atomic mass is 32.1. The van der Waals surface area contributed by atoms with Gasteiger partial charge in [0.2, 0.25) is 5.91 Å². The fraction of sp³-hybridized carbons (Fsp3) is 0.333. The van der Waals surface area contributed by atoms with E-state index in [9.17, 15) is 9.18 Å². The molecule has 18 heavy (non-hydrogen) atoms. The maximum atomic E-state index is 13.0. The lowest BCUT2D eigenvalue weighted by molar-refractivity contribution is -0.128. The van der Waals surface area contributed by atoms with Crippen LogP contribution in [0, 0.1) is 5.82 Å². The Morgan fingerprint density at radius 3 is 3.00 bits per heavy atom. The molecule has 0 spiro atoms. The standard InChI is InChI=1S/C12H14FN3OS/c1-16(2)11(17)5-6-14-12-15-9-7-8(13)3-4-10(9)18-12/h3-4,7H,5-6H2,1-2H3,(H,14,15). The summed E-state index contributed by atoms with van der Waals surface area (Å²) < 4.78 is 13.9. The Morgan fingerprint density at radius 2 is 2.28 bits per heavy atom. The van der Waals surface area contributed by atoms with Gasteiger partial charge in [-0.25, -0.2) is 9.37 Å². The van der Waals surface area contributed by atoms with Gasteiger partial charge in [-0.3, -0.25) is 4.79 Å². The SMILES string of the molecule is CN(C)C(=O)CCNc1nc2cc(F)ccc2s1. The van der Waals surface area contributed by atoms with Crippen LogP contribution in [-0.4, -0.2) is 36.4 Å². The van der Waals surface area contributed by atoms with Crippen molar-refractivity contribution in [2.45, 2.75) is 6.42 Å². The van der Waals surface area contributed by atoms with Gasteiger partial charge in [0.1, 0.15) is 5.82 Å². The molecule has 0 saturated heterocycles. The van der Waals surface area contributed by atoms with Crippen LogP contribution in [0.4, 0.5) is 9.52 Å². The summed E-state index contributed by atoms with van der Waals surface area (Å²) in [4.78, 5) is 17.2. The summed E-state index contributed by atoms with van der Waals surface area (Å²) in [5, 5.41) is 3.79. The molecular formula is C12H14FN3OS. The number of nitrogens with zero attached hydrogens (tertiary/aromatic N) is 2. The summed E-state index contributed by atoms with van der Waals surface area (Å²) in [5.74, 6) is -0.225. The van der Waals surface area contributed by atoms with Gasteiger partial charge in [0.05, 0.1) is 10.2 Å². The third-order valence-corrected chi connectivity index (χ3v) is 3.46. The Morgan fingerprint density at radius 1 is 1.50 bits per heavy atom. The molecule has 1 aromatic carbocycles. The van der Waals surface area contributed by atoms with Crippen LogP contribution in [0.1, 0.15) is 6.42 Å². The van der Waals surface area contributed by atoms with E-state index in [0.717, 1.165) is 4.70 Å². The number of hydrogen-bond acceptors (Lipinski definition) is 4. The fourth-order valence-electron chi connectivity index (χ4n) is 1.48. The number of amides is 1. The van der Waals surface area contributed by atoms with Gasteiger partial charge >= 0.3 is 0 Å². The Balaban J connectivity index is 1.98. The van der Waals surface area contributed by atoms with E-state index >= 15 is 0 Å². The lowest BCUT2D eigenvalue weighted by Crippen LogP contribution is -2.23. The number of thiazole rings is 1. The number of rotatable bonds is 4. The molecule has 2 rings (SSSR count). The molecule has 6 heteroatoms. The summed E-state index contributed by atoms with van der Waals surface area (Å²) in [6.45, 7) is 0.527. The zero-order chi connectivity index (χ0) is 13.1. The van der Waals surface area contributed by atoms with E-state index < -0.39 is 0 Å². The van der Waals surface area contributed by atoms with Gasteiger partial charge in [-0.15, -0.1) is 0 Å². The van der Waals surface area contributed by atoms with Crippen LogP contribution >= 0.6 is 11.3 Å². The maximum Gasteiger partial charge on any atom is 0.223 e. The summed E-state index contributed by atoms with van der Waals surface area (Å²) in [7, 11) is 3.45.